The summed E-state index contributed by atoms with van der Waals surface area (Å²) in [6.07, 6.45) is 5.85. The van der Waals surface area contributed by atoms with Crippen molar-refractivity contribution in [2.75, 3.05) is 0 Å². The maximum absolute atomic E-state index is 2.46. The second-order valence-corrected chi connectivity index (χ2v) is 19.9. The van der Waals surface area contributed by atoms with Gasteiger partial charge in [0.2, 0.25) is 0 Å². The number of unbranched alkanes of at least 4 members (excludes halogenated alkanes) is 2. The van der Waals surface area contributed by atoms with Crippen molar-refractivity contribution in [1.29, 1.82) is 0 Å². The summed E-state index contributed by atoms with van der Waals surface area (Å²) in [6.45, 7) is 9.60. The number of rotatable bonds is 8. The summed E-state index contributed by atoms with van der Waals surface area (Å²) in [5.74, 6) is 0. The molecule has 0 aliphatic carbocycles. The molecule has 0 N–H and O–H groups in total. The van der Waals surface area contributed by atoms with E-state index in [9.17, 15) is 0 Å². The topological polar surface area (TPSA) is 0 Å². The van der Waals surface area contributed by atoms with Crippen molar-refractivity contribution in [2.45, 2.75) is 71.1 Å². The van der Waals surface area contributed by atoms with Gasteiger partial charge in [-0.25, -0.2) is 0 Å². The van der Waals surface area contributed by atoms with Gasteiger partial charge in [-0.05, 0) is 0 Å². The zero-order valence-electron chi connectivity index (χ0n) is 10.2. The van der Waals surface area contributed by atoms with Crippen molar-refractivity contribution < 1.29 is 0 Å². The van der Waals surface area contributed by atoms with Crippen LogP contribution in [0.1, 0.15) is 53.4 Å². The van der Waals surface area contributed by atoms with Gasteiger partial charge in [0.25, 0.3) is 0 Å². The Kier molecular flexibility index (Phi) is 8.64. The molecule has 0 unspecified atom stereocenters. The molecule has 0 bridgehead atoms. The first-order valence-corrected chi connectivity index (χ1v) is 14.3. The van der Waals surface area contributed by atoms with Gasteiger partial charge in [-0.15, -0.1) is 0 Å². The van der Waals surface area contributed by atoms with Crippen LogP contribution < -0.4 is 0 Å². The van der Waals surface area contributed by atoms with E-state index in [4.69, 9.17) is 0 Å². The van der Waals surface area contributed by atoms with Gasteiger partial charge in [0, 0.05) is 0 Å². The molecule has 0 fully saturated rings. The molecule has 0 amide bonds. The van der Waals surface area contributed by atoms with Gasteiger partial charge >= 0.3 is 89.5 Å². The third kappa shape index (κ3) is 5.29. The summed E-state index contributed by atoms with van der Waals surface area (Å²) in [5, 5.41) is 0. The predicted molar refractivity (Wildman–Crippen MR) is 66.1 cm³/mol. The Morgan fingerprint density at radius 2 is 1.08 bits per heavy atom. The molecule has 0 saturated heterocycles. The molecular formula is C12H28Sn. The summed E-state index contributed by atoms with van der Waals surface area (Å²) >= 11 is -1.54. The van der Waals surface area contributed by atoms with E-state index in [1.807, 2.05) is 0 Å². The second-order valence-electron chi connectivity index (χ2n) is 4.41. The SMILES string of the molecule is CCC[CH2][Sn]([CH2]C)([CH2]C)[CH2]CCC. The summed E-state index contributed by atoms with van der Waals surface area (Å²) in [4.78, 5) is 0. The molecule has 0 heterocycles. The molecule has 0 rings (SSSR count). The van der Waals surface area contributed by atoms with Crippen molar-refractivity contribution in [3.8, 4) is 0 Å². The summed E-state index contributed by atoms with van der Waals surface area (Å²) < 4.78 is 6.51. The Morgan fingerprint density at radius 3 is 1.31 bits per heavy atom. The van der Waals surface area contributed by atoms with E-state index >= 15 is 0 Å². The second kappa shape index (κ2) is 8.14. The van der Waals surface area contributed by atoms with Crippen LogP contribution in [0.15, 0.2) is 0 Å². The van der Waals surface area contributed by atoms with Gasteiger partial charge < -0.3 is 0 Å². The Bertz CT molecular complexity index is 95.7. The first kappa shape index (κ1) is 13.8. The van der Waals surface area contributed by atoms with Crippen LogP contribution in [0, 0.1) is 0 Å². The van der Waals surface area contributed by atoms with Gasteiger partial charge in [-0.1, -0.05) is 0 Å². The fraction of sp³-hybridized carbons (Fsp3) is 1.00. The summed E-state index contributed by atoms with van der Waals surface area (Å²) in [5.41, 5.74) is 0. The van der Waals surface area contributed by atoms with Crippen LogP contribution in [0.4, 0.5) is 0 Å². The van der Waals surface area contributed by atoms with Crippen molar-refractivity contribution >= 4 is 18.4 Å². The minimum absolute atomic E-state index is 1.41. The standard InChI is InChI=1S/2C4H9.2C2H5.Sn/c2*1-3-4-2;2*1-2;/h2*1,3-4H2,2H3;2*1H2,2H3;. The maximum atomic E-state index is 2.46. The fourth-order valence-corrected chi connectivity index (χ4v) is 14.7. The van der Waals surface area contributed by atoms with Crippen LogP contribution in [0.5, 0.6) is 0 Å². The molecule has 0 saturated carbocycles. The molecule has 0 aliphatic heterocycles. The molecule has 80 valence electrons. The Hall–Kier alpha value is 0.799. The van der Waals surface area contributed by atoms with Gasteiger partial charge in [0.15, 0.2) is 0 Å². The van der Waals surface area contributed by atoms with Crippen LogP contribution in [-0.4, -0.2) is 18.4 Å². The van der Waals surface area contributed by atoms with Gasteiger partial charge in [0.1, 0.15) is 0 Å². The van der Waals surface area contributed by atoms with Crippen LogP contribution >= 0.6 is 0 Å². The molecule has 0 nitrogen and oxygen atoms in total. The van der Waals surface area contributed by atoms with Crippen LogP contribution in [0.25, 0.3) is 0 Å². The van der Waals surface area contributed by atoms with E-state index in [1.54, 1.807) is 17.7 Å². The van der Waals surface area contributed by atoms with E-state index in [1.165, 1.54) is 25.7 Å². The van der Waals surface area contributed by atoms with Crippen LogP contribution in [-0.2, 0) is 0 Å². The predicted octanol–water partition coefficient (Wildman–Crippen LogP) is 5.08. The number of hydrogen-bond acceptors (Lipinski definition) is 0. The Morgan fingerprint density at radius 1 is 0.692 bits per heavy atom. The molecule has 0 atom stereocenters. The van der Waals surface area contributed by atoms with E-state index in [0.717, 1.165) is 0 Å². The van der Waals surface area contributed by atoms with Crippen LogP contribution in [0.2, 0.25) is 17.7 Å². The molecular weight excluding hydrogens is 263 g/mol. The zero-order valence-corrected chi connectivity index (χ0v) is 13.0. The quantitative estimate of drug-likeness (QED) is 0.547. The average Bonchev–Trinajstić information content (AvgIpc) is 2.20. The van der Waals surface area contributed by atoms with Crippen molar-refractivity contribution in [3.05, 3.63) is 0 Å². The number of hydrogen-bond donors (Lipinski definition) is 0. The van der Waals surface area contributed by atoms with E-state index in [0.29, 0.717) is 0 Å². The molecule has 13 heavy (non-hydrogen) atoms. The van der Waals surface area contributed by atoms with E-state index in [-0.39, 0.29) is 0 Å². The van der Waals surface area contributed by atoms with Crippen molar-refractivity contribution in [1.82, 2.24) is 0 Å². The fourth-order valence-electron chi connectivity index (χ4n) is 2.19. The van der Waals surface area contributed by atoms with E-state index in [2.05, 4.69) is 27.7 Å². The molecule has 1 heteroatoms. The third-order valence-corrected chi connectivity index (χ3v) is 20.3. The van der Waals surface area contributed by atoms with E-state index < -0.39 is 18.4 Å². The minimum atomic E-state index is -1.54. The molecule has 0 aromatic rings. The van der Waals surface area contributed by atoms with Crippen LogP contribution in [0.3, 0.4) is 0 Å². The molecule has 0 aromatic carbocycles. The van der Waals surface area contributed by atoms with Gasteiger partial charge in [-0.2, -0.15) is 0 Å². The van der Waals surface area contributed by atoms with Crippen molar-refractivity contribution in [3.63, 3.8) is 0 Å². The summed E-state index contributed by atoms with van der Waals surface area (Å²) in [6, 6.07) is 0. The molecule has 0 aliphatic rings. The normalized spacial score (nSPS) is 12.0. The molecule has 0 aromatic heterocycles. The summed E-state index contributed by atoms with van der Waals surface area (Å²) in [7, 11) is 0. The van der Waals surface area contributed by atoms with Crippen molar-refractivity contribution in [2.24, 2.45) is 0 Å². The zero-order chi connectivity index (χ0) is 10.2. The molecule has 0 radical (unpaired) electrons. The third-order valence-electron chi connectivity index (χ3n) is 3.62. The van der Waals surface area contributed by atoms with Gasteiger partial charge in [-0.3, -0.25) is 0 Å². The Labute approximate surface area is 89.4 Å². The first-order chi connectivity index (χ1) is 6.24. The first-order valence-electron chi connectivity index (χ1n) is 6.24. The molecule has 0 spiro atoms. The Balaban J connectivity index is 3.97. The average molecular weight is 291 g/mol. The monoisotopic (exact) mass is 292 g/mol. The van der Waals surface area contributed by atoms with Gasteiger partial charge in [0.05, 0.1) is 0 Å².